The number of anilines is 2. The van der Waals surface area contributed by atoms with E-state index >= 15 is 0 Å². The molecule has 3 aromatic carbocycles. The Bertz CT molecular complexity index is 1500. The molecule has 2 fully saturated rings. The van der Waals surface area contributed by atoms with Gasteiger partial charge in [0.15, 0.2) is 0 Å². The van der Waals surface area contributed by atoms with Crippen molar-refractivity contribution in [3.63, 3.8) is 0 Å². The summed E-state index contributed by atoms with van der Waals surface area (Å²) < 4.78 is 0. The van der Waals surface area contributed by atoms with Crippen molar-refractivity contribution in [2.24, 2.45) is 0 Å². The smallest absolute Gasteiger partial charge is 0.241 e. The second-order valence-electron chi connectivity index (χ2n) is 14.7. The highest BCUT2D eigenvalue weighted by molar-refractivity contribution is 5.97. The van der Waals surface area contributed by atoms with Gasteiger partial charge < -0.3 is 21.3 Å². The first-order valence-electron chi connectivity index (χ1n) is 16.6. The molecule has 2 saturated heterocycles. The Kier molecular flexibility index (Phi) is 7.41. The van der Waals surface area contributed by atoms with Crippen LogP contribution in [0.3, 0.4) is 0 Å². The van der Waals surface area contributed by atoms with E-state index in [4.69, 9.17) is 0 Å². The fourth-order valence-electron chi connectivity index (χ4n) is 8.39. The summed E-state index contributed by atoms with van der Waals surface area (Å²) >= 11 is 0. The van der Waals surface area contributed by atoms with Crippen LogP contribution >= 0.6 is 0 Å². The Hall–Kier alpha value is -3.48. The van der Waals surface area contributed by atoms with Crippen molar-refractivity contribution in [3.8, 4) is 22.3 Å². The van der Waals surface area contributed by atoms with Gasteiger partial charge in [0, 0.05) is 11.4 Å². The third-order valence-corrected chi connectivity index (χ3v) is 10.7. The Balaban J connectivity index is 1.35. The molecule has 2 amide bonds. The summed E-state index contributed by atoms with van der Waals surface area (Å²) in [5.74, 6) is 0.116. The van der Waals surface area contributed by atoms with Crippen LogP contribution in [-0.2, 0) is 33.3 Å². The lowest BCUT2D eigenvalue weighted by Crippen LogP contribution is -2.35. The van der Waals surface area contributed by atoms with Gasteiger partial charge in [-0.05, 0) is 144 Å². The van der Waals surface area contributed by atoms with Crippen LogP contribution < -0.4 is 21.3 Å². The molecule has 0 unspecified atom stereocenters. The number of carbonyl (C=O) groups excluding carboxylic acids is 2. The summed E-state index contributed by atoms with van der Waals surface area (Å²) in [5.41, 5.74) is 12.7. The van der Waals surface area contributed by atoms with Crippen LogP contribution in [0.5, 0.6) is 0 Å². The third kappa shape index (κ3) is 5.16. The van der Waals surface area contributed by atoms with Gasteiger partial charge in [0.1, 0.15) is 0 Å². The molecule has 0 radical (unpaired) electrons. The molecule has 0 aromatic heterocycles. The summed E-state index contributed by atoms with van der Waals surface area (Å²) in [6.07, 6.45) is 8.11. The van der Waals surface area contributed by atoms with Crippen LogP contribution in [0.25, 0.3) is 22.3 Å². The molecule has 44 heavy (non-hydrogen) atoms. The summed E-state index contributed by atoms with van der Waals surface area (Å²) in [5, 5.41) is 13.1. The maximum atomic E-state index is 13.0. The quantitative estimate of drug-likeness (QED) is 0.253. The number of fused-ring (bicyclic) bond motifs is 2. The third-order valence-electron chi connectivity index (χ3n) is 10.7. The molecule has 2 aliphatic carbocycles. The van der Waals surface area contributed by atoms with Crippen LogP contribution in [-0.4, -0.2) is 37.0 Å². The molecular weight excluding hydrogens is 544 g/mol. The number of benzene rings is 3. The molecule has 230 valence electrons. The highest BCUT2D eigenvalue weighted by Gasteiger charge is 2.43. The SMILES string of the molecule is CC1(C)CCc2c(-c3cccc(NC(=O)[C@@H]4CCCN4)c3)c3c(c(-c4cccc(NC(=O)[C@@H]5CCCN5)c4)c21)CCC3(C)C. The second-order valence-corrected chi connectivity index (χ2v) is 14.7. The summed E-state index contributed by atoms with van der Waals surface area (Å²) in [6.45, 7) is 11.4. The molecule has 2 aliphatic heterocycles. The molecular formula is C38H46N4O2. The van der Waals surface area contributed by atoms with Crippen molar-refractivity contribution < 1.29 is 9.59 Å². The van der Waals surface area contributed by atoms with Gasteiger partial charge >= 0.3 is 0 Å². The van der Waals surface area contributed by atoms with Gasteiger partial charge in [-0.25, -0.2) is 0 Å². The first-order valence-corrected chi connectivity index (χ1v) is 16.6. The van der Waals surface area contributed by atoms with E-state index in [9.17, 15) is 9.59 Å². The Morgan fingerprint density at radius 2 is 1.11 bits per heavy atom. The van der Waals surface area contributed by atoms with Crippen molar-refractivity contribution >= 4 is 23.2 Å². The maximum absolute atomic E-state index is 13.0. The van der Waals surface area contributed by atoms with E-state index in [2.05, 4.69) is 85.4 Å². The Morgan fingerprint density at radius 1 is 0.682 bits per heavy atom. The van der Waals surface area contributed by atoms with E-state index in [0.717, 1.165) is 75.8 Å². The summed E-state index contributed by atoms with van der Waals surface area (Å²) in [7, 11) is 0. The number of nitrogens with one attached hydrogen (secondary N) is 4. The topological polar surface area (TPSA) is 82.3 Å². The summed E-state index contributed by atoms with van der Waals surface area (Å²) in [6, 6.07) is 16.8. The molecule has 6 nitrogen and oxygen atoms in total. The number of hydrogen-bond donors (Lipinski definition) is 4. The minimum Gasteiger partial charge on any atom is -0.325 e. The minimum atomic E-state index is -0.110. The molecule has 4 N–H and O–H groups in total. The monoisotopic (exact) mass is 590 g/mol. The summed E-state index contributed by atoms with van der Waals surface area (Å²) in [4.78, 5) is 26.0. The molecule has 4 aliphatic rings. The van der Waals surface area contributed by atoms with E-state index < -0.39 is 0 Å². The number of rotatable bonds is 6. The zero-order valence-corrected chi connectivity index (χ0v) is 26.7. The highest BCUT2D eigenvalue weighted by atomic mass is 16.2. The number of hydrogen-bond acceptors (Lipinski definition) is 4. The van der Waals surface area contributed by atoms with E-state index in [1.165, 1.54) is 44.5 Å². The van der Waals surface area contributed by atoms with Crippen LogP contribution in [0.1, 0.15) is 88.5 Å². The van der Waals surface area contributed by atoms with Crippen LogP contribution in [0.15, 0.2) is 48.5 Å². The number of carbonyl (C=O) groups is 2. The second kappa shape index (κ2) is 11.1. The first kappa shape index (κ1) is 29.2. The van der Waals surface area contributed by atoms with Gasteiger partial charge in [0.25, 0.3) is 0 Å². The molecule has 0 spiro atoms. The normalized spacial score (nSPS) is 22.9. The predicted molar refractivity (Wildman–Crippen MR) is 179 cm³/mol. The maximum Gasteiger partial charge on any atom is 0.241 e. The Labute approximate surface area is 261 Å². The number of amides is 2. The van der Waals surface area contributed by atoms with E-state index in [1.807, 2.05) is 12.1 Å². The molecule has 2 heterocycles. The molecule has 2 atom stereocenters. The zero-order valence-electron chi connectivity index (χ0n) is 26.7. The van der Waals surface area contributed by atoms with E-state index in [1.54, 1.807) is 0 Å². The predicted octanol–water partition coefficient (Wildman–Crippen LogP) is 6.85. The van der Waals surface area contributed by atoms with Gasteiger partial charge in [-0.15, -0.1) is 0 Å². The molecule has 3 aromatic rings. The highest BCUT2D eigenvalue weighted by Crippen LogP contribution is 2.56. The van der Waals surface area contributed by atoms with Crippen molar-refractivity contribution in [1.29, 1.82) is 0 Å². The fraction of sp³-hybridized carbons (Fsp3) is 0.474. The molecule has 7 rings (SSSR count). The van der Waals surface area contributed by atoms with Gasteiger partial charge in [0.2, 0.25) is 11.8 Å². The molecule has 0 bridgehead atoms. The van der Waals surface area contributed by atoms with E-state index in [-0.39, 0.29) is 34.7 Å². The van der Waals surface area contributed by atoms with Crippen molar-refractivity contribution in [3.05, 3.63) is 70.8 Å². The zero-order chi connectivity index (χ0) is 30.6. The molecule has 0 saturated carbocycles. The minimum absolute atomic E-state index is 0.0220. The molecule has 6 heteroatoms. The van der Waals surface area contributed by atoms with Crippen LogP contribution in [0.4, 0.5) is 11.4 Å². The standard InChI is InChI=1S/C38H46N4O2/c1-37(2)17-15-27-32(24-10-6-12-26(22-24)42-36(44)30-14-8-20-40-30)34-28(16-18-38(34,3)4)31(33(27)37)23-9-5-11-25(21-23)41-35(43)29-13-7-19-39-29/h5-6,9-12,21-22,29-30,39-40H,7-8,13-20H2,1-4H3,(H,41,43)(H,42,44)/t29-,30-/m0/s1. The van der Waals surface area contributed by atoms with Crippen LogP contribution in [0, 0.1) is 0 Å². The lowest BCUT2D eigenvalue weighted by atomic mass is 9.73. The van der Waals surface area contributed by atoms with Gasteiger partial charge in [0.05, 0.1) is 12.1 Å². The van der Waals surface area contributed by atoms with Crippen molar-refractivity contribution in [2.75, 3.05) is 23.7 Å². The van der Waals surface area contributed by atoms with Crippen molar-refractivity contribution in [1.82, 2.24) is 10.6 Å². The van der Waals surface area contributed by atoms with Gasteiger partial charge in [-0.2, -0.15) is 0 Å². The fourth-order valence-corrected chi connectivity index (χ4v) is 8.39. The van der Waals surface area contributed by atoms with Gasteiger partial charge in [-0.3, -0.25) is 9.59 Å². The van der Waals surface area contributed by atoms with Crippen LogP contribution in [0.2, 0.25) is 0 Å². The largest absolute Gasteiger partial charge is 0.325 e. The van der Waals surface area contributed by atoms with Gasteiger partial charge in [-0.1, -0.05) is 52.0 Å². The van der Waals surface area contributed by atoms with E-state index in [0.29, 0.717) is 0 Å². The Morgan fingerprint density at radius 3 is 1.50 bits per heavy atom. The lowest BCUT2D eigenvalue weighted by molar-refractivity contribution is -0.118. The lowest BCUT2D eigenvalue weighted by Gasteiger charge is -2.31. The van der Waals surface area contributed by atoms with Crippen molar-refractivity contribution in [2.45, 2.75) is 102 Å². The average molecular weight is 591 g/mol. The first-order chi connectivity index (χ1) is 21.1. The average Bonchev–Trinajstić information content (AvgIpc) is 3.81.